The highest BCUT2D eigenvalue weighted by Crippen LogP contribution is 2.25. The van der Waals surface area contributed by atoms with Crippen LogP contribution in [0, 0.1) is 0 Å². The van der Waals surface area contributed by atoms with Crippen molar-refractivity contribution < 1.29 is 19.1 Å². The molecule has 0 saturated carbocycles. The van der Waals surface area contributed by atoms with Gasteiger partial charge in [-0.25, -0.2) is 0 Å². The number of likely N-dealkylation sites (tertiary alicyclic amines) is 1. The Balaban J connectivity index is 1.57. The fourth-order valence-electron chi connectivity index (χ4n) is 4.18. The smallest absolute Gasteiger partial charge is 0.254 e. The van der Waals surface area contributed by atoms with E-state index in [1.807, 2.05) is 47.1 Å². The maximum Gasteiger partial charge on any atom is 0.254 e. The van der Waals surface area contributed by atoms with Gasteiger partial charge in [0.25, 0.3) is 5.91 Å². The molecule has 1 fully saturated rings. The number of benzene rings is 1. The Morgan fingerprint density at radius 3 is 2.53 bits per heavy atom. The van der Waals surface area contributed by atoms with Crippen molar-refractivity contribution >= 4 is 11.8 Å². The van der Waals surface area contributed by atoms with Crippen molar-refractivity contribution in [3.8, 4) is 5.75 Å². The van der Waals surface area contributed by atoms with Crippen LogP contribution >= 0.6 is 0 Å². The van der Waals surface area contributed by atoms with Gasteiger partial charge in [-0.15, -0.1) is 6.58 Å². The summed E-state index contributed by atoms with van der Waals surface area (Å²) in [6, 6.07) is 7.62. The fourth-order valence-corrected chi connectivity index (χ4v) is 4.18. The van der Waals surface area contributed by atoms with Crippen molar-refractivity contribution in [2.45, 2.75) is 50.8 Å². The van der Waals surface area contributed by atoms with E-state index in [0.717, 1.165) is 31.4 Å². The van der Waals surface area contributed by atoms with E-state index < -0.39 is 0 Å². The summed E-state index contributed by atoms with van der Waals surface area (Å²) in [5, 5.41) is 0. The Labute approximate surface area is 179 Å². The van der Waals surface area contributed by atoms with E-state index in [9.17, 15) is 9.59 Å². The highest BCUT2D eigenvalue weighted by Gasteiger charge is 2.29. The SMILES string of the molecule is C=CC[C@@H]1CC=C[C@@H](C)N1C(=O)c1ccc(OC2CCN(C(=O)COC)CC2)cc1. The molecular formula is C24H32N2O4. The highest BCUT2D eigenvalue weighted by atomic mass is 16.5. The summed E-state index contributed by atoms with van der Waals surface area (Å²) in [4.78, 5) is 28.8. The molecule has 0 unspecified atom stereocenters. The lowest BCUT2D eigenvalue weighted by atomic mass is 9.99. The first-order chi connectivity index (χ1) is 14.5. The molecule has 0 radical (unpaired) electrons. The van der Waals surface area contributed by atoms with Gasteiger partial charge in [0.1, 0.15) is 18.5 Å². The first-order valence-electron chi connectivity index (χ1n) is 10.7. The highest BCUT2D eigenvalue weighted by molar-refractivity contribution is 5.95. The van der Waals surface area contributed by atoms with Crippen LogP contribution in [-0.4, -0.2) is 66.6 Å². The fraction of sp³-hybridized carbons (Fsp3) is 0.500. The Hall–Kier alpha value is -2.60. The first kappa shape index (κ1) is 22.1. The Morgan fingerprint density at radius 2 is 1.90 bits per heavy atom. The number of carbonyl (C=O) groups is 2. The minimum absolute atomic E-state index is 0.0235. The molecule has 6 nitrogen and oxygen atoms in total. The summed E-state index contributed by atoms with van der Waals surface area (Å²) in [6.07, 6.45) is 9.40. The van der Waals surface area contributed by atoms with Crippen LogP contribution in [-0.2, 0) is 9.53 Å². The summed E-state index contributed by atoms with van der Waals surface area (Å²) in [6.45, 7) is 7.35. The molecular weight excluding hydrogens is 380 g/mol. The van der Waals surface area contributed by atoms with E-state index in [2.05, 4.69) is 18.7 Å². The number of hydrogen-bond acceptors (Lipinski definition) is 4. The van der Waals surface area contributed by atoms with E-state index in [0.29, 0.717) is 18.7 Å². The van der Waals surface area contributed by atoms with Gasteiger partial charge in [0.15, 0.2) is 0 Å². The zero-order valence-corrected chi connectivity index (χ0v) is 18.0. The second-order valence-electron chi connectivity index (χ2n) is 7.95. The van der Waals surface area contributed by atoms with Crippen LogP contribution in [0.1, 0.15) is 43.0 Å². The molecule has 2 amide bonds. The predicted octanol–water partition coefficient (Wildman–Crippen LogP) is 3.44. The molecule has 0 spiro atoms. The van der Waals surface area contributed by atoms with Gasteiger partial charge in [-0.05, 0) is 44.0 Å². The number of hydrogen-bond donors (Lipinski definition) is 0. The topological polar surface area (TPSA) is 59.1 Å². The maximum absolute atomic E-state index is 13.1. The van der Waals surface area contributed by atoms with Crippen molar-refractivity contribution in [2.75, 3.05) is 26.8 Å². The number of rotatable bonds is 7. The monoisotopic (exact) mass is 412 g/mol. The van der Waals surface area contributed by atoms with Gasteiger partial charge in [-0.2, -0.15) is 0 Å². The van der Waals surface area contributed by atoms with Crippen molar-refractivity contribution in [1.29, 1.82) is 0 Å². The third-order valence-electron chi connectivity index (χ3n) is 5.79. The standard InChI is InChI=1S/C24H32N2O4/c1-4-6-20-8-5-7-18(2)26(20)24(28)19-9-11-21(12-10-19)30-22-13-15-25(16-14-22)23(27)17-29-3/h4-5,7,9-12,18,20,22H,1,6,8,13-17H2,2-3H3/t18-,20-/m1/s1. The van der Waals surface area contributed by atoms with Gasteiger partial charge in [-0.3, -0.25) is 9.59 Å². The molecule has 0 aliphatic carbocycles. The molecule has 162 valence electrons. The normalized spacial score (nSPS) is 22.1. The summed E-state index contributed by atoms with van der Waals surface area (Å²) in [5.41, 5.74) is 0.665. The van der Waals surface area contributed by atoms with E-state index in [-0.39, 0.29) is 36.6 Å². The quantitative estimate of drug-likeness (QED) is 0.644. The molecule has 1 aromatic carbocycles. The zero-order valence-electron chi connectivity index (χ0n) is 18.0. The van der Waals surface area contributed by atoms with Crippen molar-refractivity contribution in [2.24, 2.45) is 0 Å². The van der Waals surface area contributed by atoms with Crippen LogP contribution in [0.15, 0.2) is 49.1 Å². The minimum Gasteiger partial charge on any atom is -0.490 e. The van der Waals surface area contributed by atoms with Crippen LogP contribution in [0.5, 0.6) is 5.75 Å². The van der Waals surface area contributed by atoms with Crippen LogP contribution in [0.25, 0.3) is 0 Å². The third kappa shape index (κ3) is 5.30. The number of amides is 2. The molecule has 30 heavy (non-hydrogen) atoms. The molecule has 3 rings (SSSR count). The minimum atomic E-state index is 0.0235. The van der Waals surface area contributed by atoms with Gasteiger partial charge >= 0.3 is 0 Å². The number of piperidine rings is 1. The molecule has 1 saturated heterocycles. The average molecular weight is 413 g/mol. The maximum atomic E-state index is 13.1. The lowest BCUT2D eigenvalue weighted by Crippen LogP contribution is -2.46. The summed E-state index contributed by atoms with van der Waals surface area (Å²) < 4.78 is 11.0. The number of nitrogens with zero attached hydrogens (tertiary/aromatic N) is 2. The lowest BCUT2D eigenvalue weighted by Gasteiger charge is -2.37. The lowest BCUT2D eigenvalue weighted by molar-refractivity contribution is -0.136. The molecule has 0 N–H and O–H groups in total. The molecule has 1 aromatic rings. The van der Waals surface area contributed by atoms with E-state index in [4.69, 9.17) is 9.47 Å². The predicted molar refractivity (Wildman–Crippen MR) is 117 cm³/mol. The number of ether oxygens (including phenoxy) is 2. The van der Waals surface area contributed by atoms with Gasteiger partial charge in [0, 0.05) is 50.7 Å². The van der Waals surface area contributed by atoms with Crippen molar-refractivity contribution in [3.05, 3.63) is 54.6 Å². The molecule has 2 aliphatic rings. The van der Waals surface area contributed by atoms with Crippen LogP contribution in [0.2, 0.25) is 0 Å². The van der Waals surface area contributed by atoms with E-state index in [1.165, 1.54) is 7.11 Å². The van der Waals surface area contributed by atoms with Crippen molar-refractivity contribution in [3.63, 3.8) is 0 Å². The second-order valence-corrected chi connectivity index (χ2v) is 7.95. The summed E-state index contributed by atoms with van der Waals surface area (Å²) >= 11 is 0. The second kappa shape index (κ2) is 10.4. The first-order valence-corrected chi connectivity index (χ1v) is 10.7. The van der Waals surface area contributed by atoms with Crippen molar-refractivity contribution in [1.82, 2.24) is 9.80 Å². The summed E-state index contributed by atoms with van der Waals surface area (Å²) in [5.74, 6) is 0.813. The van der Waals surface area contributed by atoms with Crippen LogP contribution in [0.3, 0.4) is 0 Å². The number of carbonyl (C=O) groups excluding carboxylic acids is 2. The van der Waals surface area contributed by atoms with E-state index >= 15 is 0 Å². The average Bonchev–Trinajstić information content (AvgIpc) is 2.75. The molecule has 2 aliphatic heterocycles. The van der Waals surface area contributed by atoms with E-state index in [1.54, 1.807) is 0 Å². The van der Waals surface area contributed by atoms with Crippen LogP contribution in [0.4, 0.5) is 0 Å². The molecule has 2 atom stereocenters. The third-order valence-corrected chi connectivity index (χ3v) is 5.79. The Morgan fingerprint density at radius 1 is 1.20 bits per heavy atom. The van der Waals surface area contributed by atoms with Gasteiger partial charge in [0.05, 0.1) is 0 Å². The zero-order chi connectivity index (χ0) is 21.5. The van der Waals surface area contributed by atoms with Gasteiger partial charge < -0.3 is 19.3 Å². The Bertz CT molecular complexity index is 766. The summed E-state index contributed by atoms with van der Waals surface area (Å²) in [7, 11) is 1.53. The van der Waals surface area contributed by atoms with Gasteiger partial charge in [-0.1, -0.05) is 18.2 Å². The molecule has 2 heterocycles. The van der Waals surface area contributed by atoms with Gasteiger partial charge in [0.2, 0.25) is 5.91 Å². The Kier molecular flexibility index (Phi) is 7.69. The molecule has 0 bridgehead atoms. The van der Waals surface area contributed by atoms with Crippen LogP contribution < -0.4 is 4.74 Å². The molecule has 6 heteroatoms. The molecule has 0 aromatic heterocycles. The number of methoxy groups -OCH3 is 1. The largest absolute Gasteiger partial charge is 0.490 e.